The molecule has 2 aromatic rings. The molecule has 8 heteroatoms. The Labute approximate surface area is 172 Å². The first-order valence-electron chi connectivity index (χ1n) is 9.52. The van der Waals surface area contributed by atoms with Crippen LogP contribution in [0.1, 0.15) is 25.8 Å². The molecule has 1 amide bonds. The summed E-state index contributed by atoms with van der Waals surface area (Å²) in [5, 5.41) is 0. The number of rotatable bonds is 11. The van der Waals surface area contributed by atoms with Crippen LogP contribution in [0.4, 0.5) is 0 Å². The van der Waals surface area contributed by atoms with Crippen molar-refractivity contribution in [2.24, 2.45) is 0 Å². The molecule has 1 N–H and O–H groups in total. The Morgan fingerprint density at radius 3 is 2.17 bits per heavy atom. The van der Waals surface area contributed by atoms with Crippen LogP contribution in [0.3, 0.4) is 0 Å². The van der Waals surface area contributed by atoms with Gasteiger partial charge in [-0.25, -0.2) is 13.1 Å². The molecule has 29 heavy (non-hydrogen) atoms. The molecular weight excluding hydrogens is 392 g/mol. The van der Waals surface area contributed by atoms with Gasteiger partial charge in [0.25, 0.3) is 0 Å². The van der Waals surface area contributed by atoms with E-state index in [4.69, 9.17) is 9.47 Å². The number of benzene rings is 2. The number of carbonyl (C=O) groups excluding carboxylic acids is 1. The minimum Gasteiger partial charge on any atom is -0.497 e. The van der Waals surface area contributed by atoms with Crippen LogP contribution in [-0.4, -0.2) is 46.0 Å². The highest BCUT2D eigenvalue weighted by Crippen LogP contribution is 2.16. The fraction of sp³-hybridized carbons (Fsp3) is 0.381. The summed E-state index contributed by atoms with van der Waals surface area (Å²) in [4.78, 5) is 14.3. The predicted molar refractivity (Wildman–Crippen MR) is 112 cm³/mol. The van der Waals surface area contributed by atoms with Gasteiger partial charge in [0.1, 0.15) is 11.5 Å². The monoisotopic (exact) mass is 420 g/mol. The summed E-state index contributed by atoms with van der Waals surface area (Å²) in [6.07, 6.45) is 0.0836. The van der Waals surface area contributed by atoms with Gasteiger partial charge in [-0.05, 0) is 55.8 Å². The molecular formula is C21H28N2O5S. The predicted octanol–water partition coefficient (Wildman–Crippen LogP) is 2.81. The summed E-state index contributed by atoms with van der Waals surface area (Å²) in [6.45, 7) is 5.30. The Hall–Kier alpha value is -2.58. The number of methoxy groups -OCH3 is 1. The second-order valence-electron chi connectivity index (χ2n) is 6.31. The van der Waals surface area contributed by atoms with Gasteiger partial charge in [0.15, 0.2) is 0 Å². The SMILES string of the molecule is CCOc1ccc(S(=O)(=O)NCCC(=O)N(CC)Cc2ccc(OC)cc2)cc1. The lowest BCUT2D eigenvalue weighted by atomic mass is 10.2. The summed E-state index contributed by atoms with van der Waals surface area (Å²) < 4.78 is 37.7. The van der Waals surface area contributed by atoms with E-state index < -0.39 is 10.0 Å². The van der Waals surface area contributed by atoms with Crippen LogP contribution < -0.4 is 14.2 Å². The molecule has 2 aromatic carbocycles. The van der Waals surface area contributed by atoms with Gasteiger partial charge in [-0.3, -0.25) is 4.79 Å². The molecule has 0 atom stereocenters. The van der Waals surface area contributed by atoms with Gasteiger partial charge in [0.2, 0.25) is 15.9 Å². The molecule has 7 nitrogen and oxygen atoms in total. The molecule has 0 aromatic heterocycles. The van der Waals surface area contributed by atoms with Crippen molar-refractivity contribution in [1.82, 2.24) is 9.62 Å². The number of sulfonamides is 1. The fourth-order valence-electron chi connectivity index (χ4n) is 2.74. The third kappa shape index (κ3) is 6.76. The fourth-order valence-corrected chi connectivity index (χ4v) is 3.77. The lowest BCUT2D eigenvalue weighted by Gasteiger charge is -2.21. The second kappa shape index (κ2) is 10.8. The van der Waals surface area contributed by atoms with E-state index in [1.807, 2.05) is 38.1 Å². The maximum Gasteiger partial charge on any atom is 0.240 e. The van der Waals surface area contributed by atoms with E-state index >= 15 is 0 Å². The summed E-state index contributed by atoms with van der Waals surface area (Å²) in [7, 11) is -2.07. The molecule has 0 saturated carbocycles. The number of hydrogen-bond acceptors (Lipinski definition) is 5. The second-order valence-corrected chi connectivity index (χ2v) is 8.08. The van der Waals surface area contributed by atoms with Gasteiger partial charge >= 0.3 is 0 Å². The Bertz CT molecular complexity index is 880. The van der Waals surface area contributed by atoms with Gasteiger partial charge in [0, 0.05) is 26.1 Å². The lowest BCUT2D eigenvalue weighted by Crippen LogP contribution is -2.34. The van der Waals surface area contributed by atoms with Crippen molar-refractivity contribution in [3.63, 3.8) is 0 Å². The molecule has 0 aliphatic carbocycles. The first kappa shape index (κ1) is 22.7. The smallest absolute Gasteiger partial charge is 0.240 e. The average Bonchev–Trinajstić information content (AvgIpc) is 2.73. The van der Waals surface area contributed by atoms with Crippen molar-refractivity contribution in [3.05, 3.63) is 54.1 Å². The van der Waals surface area contributed by atoms with E-state index in [-0.39, 0.29) is 23.8 Å². The number of nitrogens with zero attached hydrogens (tertiary/aromatic N) is 1. The number of amides is 1. The Morgan fingerprint density at radius 2 is 1.62 bits per heavy atom. The number of ether oxygens (including phenoxy) is 2. The van der Waals surface area contributed by atoms with Gasteiger partial charge < -0.3 is 14.4 Å². The van der Waals surface area contributed by atoms with E-state index in [9.17, 15) is 13.2 Å². The third-order valence-corrected chi connectivity index (χ3v) is 5.82. The molecule has 0 spiro atoms. The highest BCUT2D eigenvalue weighted by Gasteiger charge is 2.16. The quantitative estimate of drug-likeness (QED) is 0.604. The van der Waals surface area contributed by atoms with Crippen molar-refractivity contribution >= 4 is 15.9 Å². The zero-order chi connectivity index (χ0) is 21.3. The van der Waals surface area contributed by atoms with E-state index in [0.29, 0.717) is 25.4 Å². The number of nitrogens with one attached hydrogen (secondary N) is 1. The van der Waals surface area contributed by atoms with Crippen molar-refractivity contribution in [1.29, 1.82) is 0 Å². The van der Waals surface area contributed by atoms with E-state index in [1.165, 1.54) is 12.1 Å². The van der Waals surface area contributed by atoms with Gasteiger partial charge in [-0.2, -0.15) is 0 Å². The van der Waals surface area contributed by atoms with Crippen LogP contribution in [0.25, 0.3) is 0 Å². The molecule has 0 saturated heterocycles. The van der Waals surface area contributed by atoms with Crippen LogP contribution in [0.15, 0.2) is 53.4 Å². The largest absolute Gasteiger partial charge is 0.497 e. The summed E-state index contributed by atoms with van der Waals surface area (Å²) in [5.74, 6) is 1.25. The molecule has 158 valence electrons. The molecule has 0 aliphatic heterocycles. The highest BCUT2D eigenvalue weighted by atomic mass is 32.2. The minimum atomic E-state index is -3.68. The first-order valence-corrected chi connectivity index (χ1v) is 11.0. The highest BCUT2D eigenvalue weighted by molar-refractivity contribution is 7.89. The normalized spacial score (nSPS) is 11.1. The molecule has 0 radical (unpaired) electrons. The van der Waals surface area contributed by atoms with Crippen LogP contribution in [0.5, 0.6) is 11.5 Å². The molecule has 0 aliphatic rings. The van der Waals surface area contributed by atoms with Crippen LogP contribution in [-0.2, 0) is 21.4 Å². The van der Waals surface area contributed by atoms with E-state index in [2.05, 4.69) is 4.72 Å². The average molecular weight is 421 g/mol. The standard InChI is InChI=1S/C21H28N2O5S/c1-4-23(16-17-6-8-18(27-3)9-7-17)21(24)14-15-22-29(25,26)20-12-10-19(11-13-20)28-5-2/h6-13,22H,4-5,14-16H2,1-3H3. The Kier molecular flexibility index (Phi) is 8.48. The number of carbonyl (C=O) groups is 1. The van der Waals surface area contributed by atoms with Crippen molar-refractivity contribution in [2.45, 2.75) is 31.7 Å². The van der Waals surface area contributed by atoms with Crippen LogP contribution in [0, 0.1) is 0 Å². The third-order valence-electron chi connectivity index (χ3n) is 4.34. The zero-order valence-corrected chi connectivity index (χ0v) is 17.9. The van der Waals surface area contributed by atoms with Crippen molar-refractivity contribution in [2.75, 3.05) is 26.8 Å². The first-order chi connectivity index (χ1) is 13.9. The Balaban J connectivity index is 1.88. The van der Waals surface area contributed by atoms with Crippen LogP contribution >= 0.6 is 0 Å². The Morgan fingerprint density at radius 1 is 1.00 bits per heavy atom. The van der Waals surface area contributed by atoms with Crippen molar-refractivity contribution in [3.8, 4) is 11.5 Å². The molecule has 0 bridgehead atoms. The number of hydrogen-bond donors (Lipinski definition) is 1. The molecule has 0 fully saturated rings. The zero-order valence-electron chi connectivity index (χ0n) is 17.1. The van der Waals surface area contributed by atoms with E-state index in [1.54, 1.807) is 24.1 Å². The molecule has 2 rings (SSSR count). The van der Waals surface area contributed by atoms with Gasteiger partial charge in [-0.15, -0.1) is 0 Å². The van der Waals surface area contributed by atoms with Crippen LogP contribution in [0.2, 0.25) is 0 Å². The maximum atomic E-state index is 12.5. The van der Waals surface area contributed by atoms with E-state index in [0.717, 1.165) is 11.3 Å². The topological polar surface area (TPSA) is 84.9 Å². The minimum absolute atomic E-state index is 0.0352. The summed E-state index contributed by atoms with van der Waals surface area (Å²) in [6, 6.07) is 13.7. The maximum absolute atomic E-state index is 12.5. The summed E-state index contributed by atoms with van der Waals surface area (Å²) in [5.41, 5.74) is 0.982. The van der Waals surface area contributed by atoms with Crippen molar-refractivity contribution < 1.29 is 22.7 Å². The van der Waals surface area contributed by atoms with Gasteiger partial charge in [0.05, 0.1) is 18.6 Å². The van der Waals surface area contributed by atoms with Gasteiger partial charge in [-0.1, -0.05) is 12.1 Å². The summed E-state index contributed by atoms with van der Waals surface area (Å²) >= 11 is 0. The molecule has 0 heterocycles. The molecule has 0 unspecified atom stereocenters. The lowest BCUT2D eigenvalue weighted by molar-refractivity contribution is -0.131.